The van der Waals surface area contributed by atoms with Gasteiger partial charge in [0.1, 0.15) is 5.75 Å². The van der Waals surface area contributed by atoms with Crippen LogP contribution in [0, 0.1) is 35.2 Å². The van der Waals surface area contributed by atoms with Gasteiger partial charge in [-0.05, 0) is 32.1 Å². The molecule has 3 rings (SSSR count). The molecule has 1 saturated carbocycles. The van der Waals surface area contributed by atoms with Crippen molar-refractivity contribution < 1.29 is 36.2 Å². The zero-order valence-electron chi connectivity index (χ0n) is 16.4. The summed E-state index contributed by atoms with van der Waals surface area (Å²) < 4.78 is 84.6. The normalized spacial score (nSPS) is 28.3. The van der Waals surface area contributed by atoms with Crippen LogP contribution in [0.4, 0.5) is 22.0 Å². The molecule has 2 fully saturated rings. The molecule has 0 unspecified atom stereocenters. The van der Waals surface area contributed by atoms with E-state index in [1.54, 1.807) is 0 Å². The molecule has 0 radical (unpaired) electrons. The first-order valence-corrected chi connectivity index (χ1v) is 10.2. The van der Waals surface area contributed by atoms with Gasteiger partial charge in [-0.2, -0.15) is 8.78 Å². The van der Waals surface area contributed by atoms with Crippen LogP contribution in [-0.4, -0.2) is 25.6 Å². The standard InChI is InChI=1S/C21H27F5O3/c1-2-3-4-13-11-27-20(28-12-13)14-5-7-15(8-6-14)21(25,26)29-16-9-17(22)19(24)18(23)10-16/h9-10,13-15,20H,2-8,11-12H2,1H3. The highest BCUT2D eigenvalue weighted by Gasteiger charge is 2.45. The fourth-order valence-corrected chi connectivity index (χ4v) is 4.05. The highest BCUT2D eigenvalue weighted by Crippen LogP contribution is 2.42. The molecule has 0 spiro atoms. The van der Waals surface area contributed by atoms with Crippen LogP contribution < -0.4 is 4.74 Å². The lowest BCUT2D eigenvalue weighted by molar-refractivity contribution is -0.248. The van der Waals surface area contributed by atoms with Gasteiger partial charge in [-0.25, -0.2) is 13.2 Å². The van der Waals surface area contributed by atoms with Gasteiger partial charge < -0.3 is 14.2 Å². The summed E-state index contributed by atoms with van der Waals surface area (Å²) in [6.45, 7) is 3.39. The van der Waals surface area contributed by atoms with E-state index < -0.39 is 35.2 Å². The molecule has 1 heterocycles. The Hall–Kier alpha value is -1.41. The van der Waals surface area contributed by atoms with E-state index in [0.717, 1.165) is 19.3 Å². The lowest BCUT2D eigenvalue weighted by Crippen LogP contribution is -2.42. The average Bonchev–Trinajstić information content (AvgIpc) is 2.70. The monoisotopic (exact) mass is 422 g/mol. The third-order valence-electron chi connectivity index (χ3n) is 5.80. The van der Waals surface area contributed by atoms with Gasteiger partial charge in [0.2, 0.25) is 0 Å². The lowest BCUT2D eigenvalue weighted by atomic mass is 9.80. The van der Waals surface area contributed by atoms with E-state index in [2.05, 4.69) is 11.7 Å². The maximum absolute atomic E-state index is 14.5. The van der Waals surface area contributed by atoms with E-state index in [9.17, 15) is 22.0 Å². The van der Waals surface area contributed by atoms with E-state index in [1.165, 1.54) is 0 Å². The minimum absolute atomic E-state index is 0.0369. The van der Waals surface area contributed by atoms with Crippen LogP contribution in [0.15, 0.2) is 12.1 Å². The van der Waals surface area contributed by atoms with E-state index in [1.807, 2.05) is 0 Å². The van der Waals surface area contributed by atoms with Crippen LogP contribution in [0.25, 0.3) is 0 Å². The first-order chi connectivity index (χ1) is 13.8. The predicted octanol–water partition coefficient (Wildman–Crippen LogP) is 6.06. The number of hydrogen-bond donors (Lipinski definition) is 0. The number of rotatable bonds is 7. The van der Waals surface area contributed by atoms with Crippen molar-refractivity contribution in [1.29, 1.82) is 0 Å². The Morgan fingerprint density at radius 1 is 1.00 bits per heavy atom. The van der Waals surface area contributed by atoms with Gasteiger partial charge in [-0.3, -0.25) is 0 Å². The van der Waals surface area contributed by atoms with Gasteiger partial charge in [0, 0.05) is 24.0 Å². The molecular weight excluding hydrogens is 395 g/mol. The molecule has 2 aliphatic rings. The molecule has 1 aromatic carbocycles. The Morgan fingerprint density at radius 3 is 2.14 bits per heavy atom. The van der Waals surface area contributed by atoms with Crippen molar-refractivity contribution in [2.75, 3.05) is 13.2 Å². The van der Waals surface area contributed by atoms with Crippen molar-refractivity contribution in [2.45, 2.75) is 64.3 Å². The van der Waals surface area contributed by atoms with E-state index >= 15 is 0 Å². The fraction of sp³-hybridized carbons (Fsp3) is 0.714. The zero-order chi connectivity index (χ0) is 21.0. The van der Waals surface area contributed by atoms with Crippen LogP contribution in [0.5, 0.6) is 5.75 Å². The topological polar surface area (TPSA) is 27.7 Å². The first kappa shape index (κ1) is 22.3. The smallest absolute Gasteiger partial charge is 0.400 e. The highest BCUT2D eigenvalue weighted by atomic mass is 19.3. The summed E-state index contributed by atoms with van der Waals surface area (Å²) in [5.41, 5.74) is 0. The van der Waals surface area contributed by atoms with Gasteiger partial charge in [0.15, 0.2) is 23.7 Å². The summed E-state index contributed by atoms with van der Waals surface area (Å²) in [5, 5.41) is 0. The van der Waals surface area contributed by atoms with Crippen molar-refractivity contribution >= 4 is 0 Å². The number of hydrogen-bond acceptors (Lipinski definition) is 3. The zero-order valence-corrected chi connectivity index (χ0v) is 16.4. The van der Waals surface area contributed by atoms with Gasteiger partial charge in [-0.1, -0.05) is 19.8 Å². The van der Waals surface area contributed by atoms with Crippen LogP contribution in [0.3, 0.4) is 0 Å². The lowest BCUT2D eigenvalue weighted by Gasteiger charge is -2.39. The van der Waals surface area contributed by atoms with E-state index in [-0.39, 0.29) is 25.0 Å². The van der Waals surface area contributed by atoms with Gasteiger partial charge in [0.05, 0.1) is 19.1 Å². The van der Waals surface area contributed by atoms with Crippen LogP contribution in [-0.2, 0) is 9.47 Å². The third kappa shape index (κ3) is 5.60. The molecular formula is C21H27F5O3. The Bertz CT molecular complexity index is 645. The minimum atomic E-state index is -3.61. The Morgan fingerprint density at radius 2 is 1.59 bits per heavy atom. The predicted molar refractivity (Wildman–Crippen MR) is 96.0 cm³/mol. The largest absolute Gasteiger partial charge is 0.432 e. The number of unbranched alkanes of at least 4 members (excludes halogenated alkanes) is 1. The van der Waals surface area contributed by atoms with Gasteiger partial charge in [-0.15, -0.1) is 0 Å². The van der Waals surface area contributed by atoms with Gasteiger partial charge >= 0.3 is 6.11 Å². The average molecular weight is 422 g/mol. The number of benzene rings is 1. The van der Waals surface area contributed by atoms with Crippen LogP contribution in [0.2, 0.25) is 0 Å². The molecule has 164 valence electrons. The molecule has 3 nitrogen and oxygen atoms in total. The SMILES string of the molecule is CCCCC1COC(C2CCC(C(F)(F)Oc3cc(F)c(F)c(F)c3)CC2)OC1. The Kier molecular flexibility index (Phi) is 7.37. The molecule has 1 aliphatic carbocycles. The summed E-state index contributed by atoms with van der Waals surface area (Å²) in [4.78, 5) is 0. The summed E-state index contributed by atoms with van der Waals surface area (Å²) in [6.07, 6.45) is 0.648. The van der Waals surface area contributed by atoms with Crippen LogP contribution >= 0.6 is 0 Å². The fourth-order valence-electron chi connectivity index (χ4n) is 4.05. The highest BCUT2D eigenvalue weighted by molar-refractivity contribution is 5.25. The number of ether oxygens (including phenoxy) is 3. The maximum atomic E-state index is 14.5. The van der Waals surface area contributed by atoms with Crippen molar-refractivity contribution in [1.82, 2.24) is 0 Å². The third-order valence-corrected chi connectivity index (χ3v) is 5.80. The molecule has 29 heavy (non-hydrogen) atoms. The molecule has 8 heteroatoms. The van der Waals surface area contributed by atoms with Crippen molar-refractivity contribution in [3.05, 3.63) is 29.6 Å². The Balaban J connectivity index is 1.49. The summed E-state index contributed by atoms with van der Waals surface area (Å²) in [5.74, 6) is -6.26. The van der Waals surface area contributed by atoms with Gasteiger partial charge in [0.25, 0.3) is 0 Å². The molecule has 1 saturated heterocycles. The molecule has 1 aromatic rings. The summed E-state index contributed by atoms with van der Waals surface area (Å²) in [7, 11) is 0. The number of halogens is 5. The second-order valence-corrected chi connectivity index (χ2v) is 8.02. The number of alkyl halides is 2. The molecule has 0 atom stereocenters. The second kappa shape index (κ2) is 9.60. The molecule has 1 aliphatic heterocycles. The quantitative estimate of drug-likeness (QED) is 0.395. The Labute approximate surface area is 167 Å². The first-order valence-electron chi connectivity index (χ1n) is 10.2. The van der Waals surface area contributed by atoms with Crippen LogP contribution in [0.1, 0.15) is 51.9 Å². The molecule has 0 bridgehead atoms. The summed E-state index contributed by atoms with van der Waals surface area (Å²) >= 11 is 0. The van der Waals surface area contributed by atoms with E-state index in [4.69, 9.17) is 9.47 Å². The maximum Gasteiger partial charge on any atom is 0.400 e. The van der Waals surface area contributed by atoms with Crippen molar-refractivity contribution in [2.24, 2.45) is 17.8 Å². The minimum Gasteiger partial charge on any atom is -0.432 e. The molecule has 0 aromatic heterocycles. The second-order valence-electron chi connectivity index (χ2n) is 8.02. The van der Waals surface area contributed by atoms with Crippen molar-refractivity contribution in [3.63, 3.8) is 0 Å². The van der Waals surface area contributed by atoms with E-state index in [0.29, 0.717) is 44.1 Å². The van der Waals surface area contributed by atoms with Crippen molar-refractivity contribution in [3.8, 4) is 5.75 Å². The molecule has 0 amide bonds. The molecule has 0 N–H and O–H groups in total. The summed E-state index contributed by atoms with van der Waals surface area (Å²) in [6, 6.07) is 0.854.